The fourth-order valence-corrected chi connectivity index (χ4v) is 2.63. The first-order valence-electron chi connectivity index (χ1n) is 7.09. The van der Waals surface area contributed by atoms with E-state index < -0.39 is 0 Å². The lowest BCUT2D eigenvalue weighted by Gasteiger charge is -2.28. The molecule has 0 bridgehead atoms. The van der Waals surface area contributed by atoms with Crippen molar-refractivity contribution in [3.8, 4) is 11.1 Å². The average Bonchev–Trinajstić information content (AvgIpc) is 2.95. The normalized spacial score (nSPS) is 13.6. The molecule has 0 spiro atoms. The van der Waals surface area contributed by atoms with E-state index in [1.165, 1.54) is 40.8 Å². The fourth-order valence-electron chi connectivity index (χ4n) is 2.63. The van der Waals surface area contributed by atoms with Gasteiger partial charge in [-0.25, -0.2) is 0 Å². The summed E-state index contributed by atoms with van der Waals surface area (Å²) >= 11 is 0. The smallest absolute Gasteiger partial charge is 0.0565 e. The molecule has 0 fully saturated rings. The minimum atomic E-state index is 1.16. The molecule has 0 atom stereocenters. The lowest BCUT2D eigenvalue weighted by Crippen LogP contribution is -2.24. The van der Waals surface area contributed by atoms with Crippen LogP contribution in [-0.4, -0.2) is 23.8 Å². The van der Waals surface area contributed by atoms with E-state index in [9.17, 15) is 0 Å². The molecule has 19 heavy (non-hydrogen) atoms. The molecule has 1 aliphatic heterocycles. The third-order valence-corrected chi connectivity index (χ3v) is 3.59. The summed E-state index contributed by atoms with van der Waals surface area (Å²) in [5.74, 6) is 0. The van der Waals surface area contributed by atoms with E-state index in [-0.39, 0.29) is 0 Å². The first-order chi connectivity index (χ1) is 9.25. The molecule has 1 aromatic heterocycles. The zero-order chi connectivity index (χ0) is 13.8. The van der Waals surface area contributed by atoms with E-state index >= 15 is 0 Å². The van der Waals surface area contributed by atoms with Crippen LogP contribution in [-0.2, 0) is 6.42 Å². The Kier molecular flexibility index (Phi) is 4.25. The second-order valence-corrected chi connectivity index (χ2v) is 4.81. The molecule has 0 amide bonds. The maximum absolute atomic E-state index is 4.03. The number of aromatic amines is 1. The van der Waals surface area contributed by atoms with Gasteiger partial charge in [0.1, 0.15) is 0 Å². The minimum absolute atomic E-state index is 1.16. The van der Waals surface area contributed by atoms with Crippen LogP contribution in [0.15, 0.2) is 24.5 Å². The topological polar surface area (TPSA) is 31.9 Å². The van der Waals surface area contributed by atoms with Crippen molar-refractivity contribution in [2.45, 2.75) is 33.6 Å². The lowest BCUT2D eigenvalue weighted by atomic mass is 9.94. The molecule has 1 aliphatic rings. The van der Waals surface area contributed by atoms with Crippen LogP contribution in [0, 0.1) is 6.92 Å². The molecule has 0 unspecified atom stereocenters. The van der Waals surface area contributed by atoms with Gasteiger partial charge in [-0.15, -0.1) is 0 Å². The van der Waals surface area contributed by atoms with Crippen LogP contribution in [0.3, 0.4) is 0 Å². The van der Waals surface area contributed by atoms with E-state index in [0.29, 0.717) is 0 Å². The van der Waals surface area contributed by atoms with Crippen LogP contribution in [0.4, 0.5) is 5.69 Å². The number of nitrogens with zero attached hydrogens (tertiary/aromatic N) is 2. The van der Waals surface area contributed by atoms with Crippen LogP contribution < -0.4 is 4.90 Å². The maximum atomic E-state index is 4.03. The molecule has 0 saturated heterocycles. The zero-order valence-corrected chi connectivity index (χ0v) is 12.3. The summed E-state index contributed by atoms with van der Waals surface area (Å²) in [5, 5.41) is 6.92. The molecule has 1 aromatic carbocycles. The SMILES string of the molecule is CC.Cc1cc2c(cc1-c1cn[nH]c1)CCCN2C. The largest absolute Gasteiger partial charge is 0.374 e. The zero-order valence-electron chi connectivity index (χ0n) is 12.3. The van der Waals surface area contributed by atoms with Gasteiger partial charge in [-0.1, -0.05) is 13.8 Å². The van der Waals surface area contributed by atoms with Crippen molar-refractivity contribution in [3.05, 3.63) is 35.7 Å². The van der Waals surface area contributed by atoms with Gasteiger partial charge >= 0.3 is 0 Å². The van der Waals surface area contributed by atoms with Crippen LogP contribution in [0.2, 0.25) is 0 Å². The van der Waals surface area contributed by atoms with E-state index in [1.807, 2.05) is 26.2 Å². The molecule has 2 heterocycles. The Bertz CT molecular complexity index is 529. The van der Waals surface area contributed by atoms with E-state index in [0.717, 1.165) is 6.54 Å². The highest BCUT2D eigenvalue weighted by atomic mass is 15.1. The van der Waals surface area contributed by atoms with Crippen molar-refractivity contribution >= 4 is 5.69 Å². The van der Waals surface area contributed by atoms with Crippen molar-refractivity contribution in [2.75, 3.05) is 18.5 Å². The van der Waals surface area contributed by atoms with Gasteiger partial charge in [0.15, 0.2) is 0 Å². The number of anilines is 1. The fraction of sp³-hybridized carbons (Fsp3) is 0.438. The molecular weight excluding hydrogens is 234 g/mol. The predicted molar refractivity (Wildman–Crippen MR) is 81.7 cm³/mol. The Morgan fingerprint density at radius 3 is 2.74 bits per heavy atom. The minimum Gasteiger partial charge on any atom is -0.374 e. The molecule has 2 aromatic rings. The van der Waals surface area contributed by atoms with Gasteiger partial charge in [-0.3, -0.25) is 5.10 Å². The number of hydrogen-bond acceptors (Lipinski definition) is 2. The van der Waals surface area contributed by atoms with Gasteiger partial charge < -0.3 is 4.90 Å². The molecule has 0 radical (unpaired) electrons. The lowest BCUT2D eigenvalue weighted by molar-refractivity contribution is 0.744. The highest BCUT2D eigenvalue weighted by Gasteiger charge is 2.16. The summed E-state index contributed by atoms with van der Waals surface area (Å²) in [7, 11) is 2.18. The number of H-pyrrole nitrogens is 1. The summed E-state index contributed by atoms with van der Waals surface area (Å²) in [6.45, 7) is 7.34. The molecule has 0 saturated carbocycles. The van der Waals surface area contributed by atoms with Crippen molar-refractivity contribution < 1.29 is 0 Å². The number of nitrogens with one attached hydrogen (secondary N) is 1. The Hall–Kier alpha value is -1.77. The van der Waals surface area contributed by atoms with Crippen molar-refractivity contribution in [2.24, 2.45) is 0 Å². The van der Waals surface area contributed by atoms with Gasteiger partial charge in [-0.05, 0) is 48.6 Å². The highest BCUT2D eigenvalue weighted by molar-refractivity contribution is 5.72. The predicted octanol–water partition coefficient (Wildman–Crippen LogP) is 3.79. The third kappa shape index (κ3) is 2.65. The monoisotopic (exact) mass is 257 g/mol. The summed E-state index contributed by atoms with van der Waals surface area (Å²) in [6.07, 6.45) is 6.28. The number of benzene rings is 1. The molecule has 1 N–H and O–H groups in total. The molecule has 3 heteroatoms. The van der Waals surface area contributed by atoms with Gasteiger partial charge in [0.25, 0.3) is 0 Å². The van der Waals surface area contributed by atoms with Crippen molar-refractivity contribution in [1.82, 2.24) is 10.2 Å². The van der Waals surface area contributed by atoms with Gasteiger partial charge in [0.05, 0.1) is 6.20 Å². The van der Waals surface area contributed by atoms with E-state index in [4.69, 9.17) is 0 Å². The second kappa shape index (κ2) is 5.91. The van der Waals surface area contributed by atoms with E-state index in [1.54, 1.807) is 0 Å². The van der Waals surface area contributed by atoms with Crippen molar-refractivity contribution in [1.29, 1.82) is 0 Å². The van der Waals surface area contributed by atoms with Crippen LogP contribution in [0.25, 0.3) is 11.1 Å². The Morgan fingerprint density at radius 1 is 1.26 bits per heavy atom. The van der Waals surface area contributed by atoms with Crippen LogP contribution in [0.1, 0.15) is 31.4 Å². The number of aryl methyl sites for hydroxylation is 2. The molecule has 3 nitrogen and oxygen atoms in total. The Labute approximate surface area is 115 Å². The summed E-state index contributed by atoms with van der Waals surface area (Å²) in [5.41, 5.74) is 6.65. The standard InChI is InChI=1S/C14H17N3.C2H6/c1-10-6-14-11(4-3-5-17(14)2)7-13(10)12-8-15-16-9-12;1-2/h6-9H,3-5H2,1-2H3,(H,15,16);1-2H3. The van der Waals surface area contributed by atoms with Gasteiger partial charge in [0.2, 0.25) is 0 Å². The number of rotatable bonds is 1. The van der Waals surface area contributed by atoms with Crippen LogP contribution >= 0.6 is 0 Å². The molecule has 102 valence electrons. The third-order valence-electron chi connectivity index (χ3n) is 3.59. The first kappa shape index (κ1) is 13.7. The van der Waals surface area contributed by atoms with Crippen LogP contribution in [0.5, 0.6) is 0 Å². The first-order valence-corrected chi connectivity index (χ1v) is 7.09. The molecular formula is C16H23N3. The van der Waals surface area contributed by atoms with E-state index in [2.05, 4.69) is 41.2 Å². The molecule has 0 aliphatic carbocycles. The maximum Gasteiger partial charge on any atom is 0.0565 e. The quantitative estimate of drug-likeness (QED) is 0.842. The van der Waals surface area contributed by atoms with Gasteiger partial charge in [-0.2, -0.15) is 5.10 Å². The highest BCUT2D eigenvalue weighted by Crippen LogP contribution is 2.33. The Balaban J connectivity index is 0.000000637. The Morgan fingerprint density at radius 2 is 2.05 bits per heavy atom. The summed E-state index contributed by atoms with van der Waals surface area (Å²) in [4.78, 5) is 2.35. The summed E-state index contributed by atoms with van der Waals surface area (Å²) < 4.78 is 0. The van der Waals surface area contributed by atoms with Gasteiger partial charge in [0, 0.05) is 31.0 Å². The summed E-state index contributed by atoms with van der Waals surface area (Å²) in [6, 6.07) is 4.63. The molecule has 3 rings (SSSR count). The van der Waals surface area contributed by atoms with Crippen molar-refractivity contribution in [3.63, 3.8) is 0 Å². The number of fused-ring (bicyclic) bond motifs is 1. The average molecular weight is 257 g/mol. The number of hydrogen-bond donors (Lipinski definition) is 1. The second-order valence-electron chi connectivity index (χ2n) is 4.81. The number of aromatic nitrogens is 2.